The molecule has 12 nitrogen and oxygen atoms in total. The Morgan fingerprint density at radius 1 is 0.345 bits per heavy atom. The molecule has 0 saturated carbocycles. The second-order valence-corrected chi connectivity index (χ2v) is 23.3. The van der Waals surface area contributed by atoms with Crippen molar-refractivity contribution < 1.29 is 28.6 Å². The molecule has 0 fully saturated rings. The van der Waals surface area contributed by atoms with Crippen LogP contribution in [0.15, 0.2) is 127 Å². The van der Waals surface area contributed by atoms with E-state index in [2.05, 4.69) is 151 Å². The lowest BCUT2D eigenvalue weighted by atomic mass is 9.83. The van der Waals surface area contributed by atoms with Crippen LogP contribution in [0.4, 0.5) is 48.5 Å². The third kappa shape index (κ3) is 15.9. The molecule has 6 amide bonds. The Morgan fingerprint density at radius 3 is 0.786 bits per heavy atom. The van der Waals surface area contributed by atoms with Crippen molar-refractivity contribution in [3.05, 3.63) is 194 Å². The molecule has 0 aliphatic heterocycles. The molecule has 84 heavy (non-hydrogen) atoms. The molecule has 12 heteroatoms. The highest BCUT2D eigenvalue weighted by atomic mass is 16.5. The van der Waals surface area contributed by atoms with E-state index in [-0.39, 0.29) is 16.2 Å². The number of rotatable bonds is 12. The van der Waals surface area contributed by atoms with Crippen LogP contribution in [0.2, 0.25) is 0 Å². The smallest absolute Gasteiger partial charge is 0.323 e. The highest BCUT2D eigenvalue weighted by Gasteiger charge is 2.23. The van der Waals surface area contributed by atoms with Crippen LogP contribution in [0.1, 0.15) is 150 Å². The lowest BCUT2D eigenvalue weighted by Gasteiger charge is -2.21. The summed E-state index contributed by atoms with van der Waals surface area (Å²) in [5, 5.41) is 18.0. The number of anilines is 6. The molecular formula is C72H78N6O6. The van der Waals surface area contributed by atoms with Gasteiger partial charge in [0.15, 0.2) is 0 Å². The molecule has 0 spiro atoms. The third-order valence-corrected chi connectivity index (χ3v) is 14.3. The molecule has 6 N–H and O–H groups in total. The summed E-state index contributed by atoms with van der Waals surface area (Å²) in [6.07, 6.45) is 1.71. The Bertz CT molecular complexity index is 3340. The zero-order chi connectivity index (χ0) is 60.9. The number of carbonyl (C=O) groups is 3. The van der Waals surface area contributed by atoms with Crippen LogP contribution >= 0.6 is 0 Å². The predicted molar refractivity (Wildman–Crippen MR) is 345 cm³/mol. The maximum absolute atomic E-state index is 13.7. The fourth-order valence-electron chi connectivity index (χ4n) is 9.37. The van der Waals surface area contributed by atoms with Gasteiger partial charge in [-0.25, -0.2) is 14.4 Å². The van der Waals surface area contributed by atoms with Crippen LogP contribution in [0.3, 0.4) is 0 Å². The van der Waals surface area contributed by atoms with Crippen molar-refractivity contribution in [2.75, 3.05) is 53.2 Å². The van der Waals surface area contributed by atoms with E-state index in [1.165, 1.54) is 0 Å². The molecule has 0 heterocycles. The van der Waals surface area contributed by atoms with Gasteiger partial charge >= 0.3 is 18.1 Å². The summed E-state index contributed by atoms with van der Waals surface area (Å²) in [4.78, 5) is 41.1. The van der Waals surface area contributed by atoms with Gasteiger partial charge in [0.2, 0.25) is 0 Å². The predicted octanol–water partition coefficient (Wildman–Crippen LogP) is 16.4. The highest BCUT2D eigenvalue weighted by Crippen LogP contribution is 2.34. The zero-order valence-corrected chi connectivity index (χ0v) is 51.2. The molecular weight excluding hydrogens is 1040 g/mol. The normalized spacial score (nSPS) is 11.0. The standard InChI is InChI=1S/C72H78N6O6/c1-16-58-61(37-19-46-43-49(70(4,5)6)22-40-64(46)76-67(79)73-52-25-31-55(82-13)32-26-52)59(17-2)63(39-21-48-45-51(72(10,11)12)24-42-66(48)78-69(81)75-54-29-35-57(84-15)36-30-54)60(18-3)62(58)38-20-47-44-50(71(7,8)9)23-41-65(47)77-68(80)74-53-27-33-56(83-14)34-28-53/h22-36,40-45H,16-18H2,1-15H3,(H2,73,76,79)(H2,74,77,80)(H2,75,78,81). The van der Waals surface area contributed by atoms with Gasteiger partial charge in [0.1, 0.15) is 17.2 Å². The summed E-state index contributed by atoms with van der Waals surface area (Å²) in [6, 6.07) is 38.0. The fraction of sp³-hybridized carbons (Fsp3) is 0.292. The van der Waals surface area contributed by atoms with E-state index < -0.39 is 18.1 Å². The van der Waals surface area contributed by atoms with E-state index >= 15 is 0 Å². The van der Waals surface area contributed by atoms with Crippen LogP contribution in [0, 0.1) is 35.5 Å². The number of amides is 6. The average Bonchev–Trinajstić information content (AvgIpc) is 3.33. The monoisotopic (exact) mass is 1120 g/mol. The molecule has 0 aliphatic carbocycles. The number of carbonyl (C=O) groups excluding carboxylic acids is 3. The number of benzene rings is 7. The van der Waals surface area contributed by atoms with Crippen molar-refractivity contribution in [3.63, 3.8) is 0 Å². The molecule has 0 aromatic heterocycles. The van der Waals surface area contributed by atoms with Crippen LogP contribution < -0.4 is 46.1 Å². The van der Waals surface area contributed by atoms with Crippen LogP contribution in [-0.2, 0) is 35.5 Å². The fourth-order valence-corrected chi connectivity index (χ4v) is 9.37. The first-order chi connectivity index (χ1) is 39.9. The molecule has 0 radical (unpaired) electrons. The molecule has 7 aromatic carbocycles. The minimum atomic E-state index is -0.428. The van der Waals surface area contributed by atoms with Crippen molar-refractivity contribution in [2.45, 2.75) is 119 Å². The van der Waals surface area contributed by atoms with Crippen molar-refractivity contribution in [1.29, 1.82) is 0 Å². The molecule has 0 aliphatic rings. The Labute approximate surface area is 497 Å². The minimum Gasteiger partial charge on any atom is -0.497 e. The second-order valence-electron chi connectivity index (χ2n) is 23.3. The summed E-state index contributed by atoms with van der Waals surface area (Å²) in [7, 11) is 4.79. The molecule has 0 bridgehead atoms. The van der Waals surface area contributed by atoms with E-state index in [4.69, 9.17) is 14.2 Å². The Kier molecular flexibility index (Phi) is 19.9. The largest absolute Gasteiger partial charge is 0.497 e. The maximum Gasteiger partial charge on any atom is 0.323 e. The van der Waals surface area contributed by atoms with Crippen LogP contribution in [-0.4, -0.2) is 39.4 Å². The lowest BCUT2D eigenvalue weighted by molar-refractivity contribution is 0.261. The van der Waals surface area contributed by atoms with Crippen molar-refractivity contribution in [1.82, 2.24) is 0 Å². The number of hydrogen-bond donors (Lipinski definition) is 6. The number of nitrogens with one attached hydrogen (secondary N) is 6. The van der Waals surface area contributed by atoms with Gasteiger partial charge in [-0.05, 0) is 178 Å². The number of hydrogen-bond acceptors (Lipinski definition) is 6. The van der Waals surface area contributed by atoms with Gasteiger partial charge in [0.05, 0.1) is 38.4 Å². The van der Waals surface area contributed by atoms with E-state index in [1.807, 2.05) is 54.6 Å². The first-order valence-electron chi connectivity index (χ1n) is 28.3. The molecule has 7 aromatic rings. The topological polar surface area (TPSA) is 151 Å². The Balaban J connectivity index is 1.45. The Hall–Kier alpha value is -9.57. The Morgan fingerprint density at radius 2 is 0.583 bits per heavy atom. The summed E-state index contributed by atoms with van der Waals surface area (Å²) >= 11 is 0. The van der Waals surface area contributed by atoms with Gasteiger partial charge in [-0.1, -0.05) is 137 Å². The molecule has 0 atom stereocenters. The van der Waals surface area contributed by atoms with Gasteiger partial charge in [0.25, 0.3) is 0 Å². The zero-order valence-electron chi connectivity index (χ0n) is 51.2. The van der Waals surface area contributed by atoms with Gasteiger partial charge in [0, 0.05) is 50.4 Å². The molecule has 7 rings (SSSR count). The van der Waals surface area contributed by atoms with Gasteiger partial charge in [-0.2, -0.15) is 0 Å². The van der Waals surface area contributed by atoms with Crippen molar-refractivity contribution in [2.24, 2.45) is 0 Å². The van der Waals surface area contributed by atoms with Crippen LogP contribution in [0.25, 0.3) is 0 Å². The summed E-state index contributed by atoms with van der Waals surface area (Å²) in [5.41, 5.74) is 12.9. The maximum atomic E-state index is 13.7. The van der Waals surface area contributed by atoms with E-state index in [9.17, 15) is 14.4 Å². The quantitative estimate of drug-likeness (QED) is 0.0671. The molecule has 0 unspecified atom stereocenters. The van der Waals surface area contributed by atoms with Gasteiger partial charge < -0.3 is 46.1 Å². The molecule has 0 saturated heterocycles. The number of ether oxygens (including phenoxy) is 3. The summed E-state index contributed by atoms with van der Waals surface area (Å²) in [6.45, 7) is 25.6. The lowest BCUT2D eigenvalue weighted by Crippen LogP contribution is -2.20. The summed E-state index contributed by atoms with van der Waals surface area (Å²) in [5.74, 6) is 23.7. The number of urea groups is 3. The van der Waals surface area contributed by atoms with E-state index in [0.717, 1.165) is 50.1 Å². The van der Waals surface area contributed by atoms with E-state index in [1.54, 1.807) is 94.1 Å². The molecule has 432 valence electrons. The third-order valence-electron chi connectivity index (χ3n) is 14.3. The summed E-state index contributed by atoms with van der Waals surface area (Å²) < 4.78 is 16.0. The second kappa shape index (κ2) is 27.0. The van der Waals surface area contributed by atoms with Crippen molar-refractivity contribution in [3.8, 4) is 52.8 Å². The minimum absolute atomic E-state index is 0.236. The first-order valence-corrected chi connectivity index (χ1v) is 28.3. The number of methoxy groups -OCH3 is 3. The van der Waals surface area contributed by atoms with Gasteiger partial charge in [-0.15, -0.1) is 0 Å². The van der Waals surface area contributed by atoms with Gasteiger partial charge in [-0.3, -0.25) is 0 Å². The first kappa shape index (κ1) is 62.0. The van der Waals surface area contributed by atoms with Crippen molar-refractivity contribution >= 4 is 52.2 Å². The SMILES string of the molecule is CCc1c(C#Cc2cc(C(C)(C)C)ccc2NC(=O)Nc2ccc(OC)cc2)c(CC)c(C#Cc2cc(C(C)(C)C)ccc2NC(=O)Nc2ccc(OC)cc2)c(CC)c1C#Cc1cc(C(C)(C)C)ccc1NC(=O)Nc1ccc(OC)cc1. The van der Waals surface area contributed by atoms with E-state index in [0.29, 0.717) is 87.3 Å². The highest BCUT2D eigenvalue weighted by molar-refractivity contribution is 6.02. The average molecular weight is 1120 g/mol. The van der Waals surface area contributed by atoms with Crippen LogP contribution in [0.5, 0.6) is 17.2 Å².